The van der Waals surface area contributed by atoms with E-state index in [0.717, 1.165) is 19.0 Å². The number of amides is 1. The lowest BCUT2D eigenvalue weighted by atomic mass is 9.89. The van der Waals surface area contributed by atoms with Crippen LogP contribution in [-0.2, 0) is 4.74 Å². The van der Waals surface area contributed by atoms with E-state index in [9.17, 15) is 14.9 Å². The fourth-order valence-electron chi connectivity index (χ4n) is 2.19. The zero-order valence-corrected chi connectivity index (χ0v) is 12.0. The molecule has 2 N–H and O–H groups in total. The maximum Gasteiger partial charge on any atom is 0.300 e. The number of hydrogen-bond donors (Lipinski definition) is 2. The topological polar surface area (TPSA) is 106 Å². The average Bonchev–Trinajstić information content (AvgIpc) is 2.42. The largest absolute Gasteiger partial charge is 0.381 e. The van der Waals surface area contributed by atoms with Crippen LogP contribution in [0.4, 0.5) is 11.5 Å². The van der Waals surface area contributed by atoms with E-state index in [1.807, 2.05) is 6.92 Å². The Hall–Kier alpha value is -2.22. The highest BCUT2D eigenvalue weighted by molar-refractivity contribution is 5.98. The minimum Gasteiger partial charge on any atom is -0.381 e. The van der Waals surface area contributed by atoms with Crippen LogP contribution in [0, 0.1) is 10.1 Å². The number of anilines is 1. The number of nitrogens with zero attached hydrogens (tertiary/aromatic N) is 2. The minimum atomic E-state index is -0.601. The molecule has 8 nitrogen and oxygen atoms in total. The van der Waals surface area contributed by atoms with Crippen LogP contribution in [0.1, 0.15) is 30.1 Å². The predicted molar refractivity (Wildman–Crippen MR) is 76.3 cm³/mol. The summed E-state index contributed by atoms with van der Waals surface area (Å²) in [7, 11) is 1.62. The van der Waals surface area contributed by atoms with Gasteiger partial charge in [0, 0.05) is 25.8 Å². The van der Waals surface area contributed by atoms with Crippen LogP contribution in [0.15, 0.2) is 12.3 Å². The molecule has 1 fully saturated rings. The monoisotopic (exact) mass is 294 g/mol. The second kappa shape index (κ2) is 6.49. The first-order valence-electron chi connectivity index (χ1n) is 6.77. The highest BCUT2D eigenvalue weighted by Crippen LogP contribution is 2.25. The molecule has 2 rings (SSSR count). The van der Waals surface area contributed by atoms with Crippen LogP contribution in [0.5, 0.6) is 0 Å². The van der Waals surface area contributed by atoms with Crippen molar-refractivity contribution in [3.8, 4) is 0 Å². The van der Waals surface area contributed by atoms with Crippen molar-refractivity contribution in [2.45, 2.75) is 31.9 Å². The van der Waals surface area contributed by atoms with Gasteiger partial charge in [-0.3, -0.25) is 14.9 Å². The first-order chi connectivity index (χ1) is 10.0. The number of carbonyl (C=O) groups excluding carboxylic acids is 1. The van der Waals surface area contributed by atoms with Crippen molar-refractivity contribution >= 4 is 17.4 Å². The second-order valence-electron chi connectivity index (χ2n) is 4.87. The summed E-state index contributed by atoms with van der Waals surface area (Å²) in [5, 5.41) is 16.7. The van der Waals surface area contributed by atoms with Gasteiger partial charge in [-0.1, -0.05) is 0 Å². The predicted octanol–water partition coefficient (Wildman–Crippen LogP) is 1.33. The first kappa shape index (κ1) is 15.2. The third kappa shape index (κ3) is 3.46. The van der Waals surface area contributed by atoms with Crippen LogP contribution in [0.2, 0.25) is 0 Å². The number of hydrogen-bond acceptors (Lipinski definition) is 6. The molecule has 1 aliphatic rings. The zero-order valence-electron chi connectivity index (χ0n) is 12.0. The molecular weight excluding hydrogens is 276 g/mol. The fraction of sp³-hybridized carbons (Fsp3) is 0.538. The molecule has 0 atom stereocenters. The van der Waals surface area contributed by atoms with Gasteiger partial charge in [0.2, 0.25) is 0 Å². The number of carbonyl (C=O) groups is 1. The van der Waals surface area contributed by atoms with Crippen LogP contribution >= 0.6 is 0 Å². The number of aromatic nitrogens is 1. The van der Waals surface area contributed by atoms with Crippen molar-refractivity contribution in [3.05, 3.63) is 27.9 Å². The van der Waals surface area contributed by atoms with Crippen molar-refractivity contribution in [2.24, 2.45) is 0 Å². The molecule has 0 unspecified atom stereocenters. The zero-order chi connectivity index (χ0) is 15.4. The maximum absolute atomic E-state index is 12.2. The Kier molecular flexibility index (Phi) is 4.69. The van der Waals surface area contributed by atoms with Crippen LogP contribution < -0.4 is 10.6 Å². The van der Waals surface area contributed by atoms with E-state index >= 15 is 0 Å². The Labute approximate surface area is 122 Å². The van der Waals surface area contributed by atoms with Gasteiger partial charge in [-0.25, -0.2) is 4.98 Å². The molecule has 0 radical (unpaired) electrons. The Morgan fingerprint density at radius 3 is 2.86 bits per heavy atom. The third-order valence-corrected chi connectivity index (χ3v) is 3.45. The first-order valence-corrected chi connectivity index (χ1v) is 6.77. The Bertz CT molecular complexity index is 543. The molecule has 114 valence electrons. The highest BCUT2D eigenvalue weighted by Gasteiger charge is 2.32. The average molecular weight is 294 g/mol. The van der Waals surface area contributed by atoms with Gasteiger partial charge >= 0.3 is 0 Å². The Morgan fingerprint density at radius 1 is 1.57 bits per heavy atom. The highest BCUT2D eigenvalue weighted by atomic mass is 16.6. The molecule has 0 aliphatic heterocycles. The van der Waals surface area contributed by atoms with Crippen LogP contribution in [0.25, 0.3) is 0 Å². The third-order valence-electron chi connectivity index (χ3n) is 3.45. The maximum atomic E-state index is 12.2. The molecule has 1 aromatic heterocycles. The van der Waals surface area contributed by atoms with E-state index in [1.165, 1.54) is 6.07 Å². The molecule has 21 heavy (non-hydrogen) atoms. The summed E-state index contributed by atoms with van der Waals surface area (Å²) >= 11 is 0. The van der Waals surface area contributed by atoms with Crippen LogP contribution in [-0.4, -0.2) is 41.6 Å². The summed E-state index contributed by atoms with van der Waals surface area (Å²) in [6, 6.07) is 1.40. The van der Waals surface area contributed by atoms with Gasteiger partial charge in [0.15, 0.2) is 0 Å². The second-order valence-corrected chi connectivity index (χ2v) is 4.87. The lowest BCUT2D eigenvalue weighted by Crippen LogP contribution is -2.47. The van der Waals surface area contributed by atoms with Crippen molar-refractivity contribution in [1.29, 1.82) is 0 Å². The van der Waals surface area contributed by atoms with Crippen molar-refractivity contribution < 1.29 is 14.5 Å². The number of nitro groups is 1. The van der Waals surface area contributed by atoms with E-state index in [1.54, 1.807) is 7.11 Å². The Morgan fingerprint density at radius 2 is 2.29 bits per heavy atom. The molecule has 0 bridgehead atoms. The van der Waals surface area contributed by atoms with E-state index in [-0.39, 0.29) is 23.4 Å². The summed E-state index contributed by atoms with van der Waals surface area (Å²) in [6.07, 6.45) is 2.70. The summed E-state index contributed by atoms with van der Waals surface area (Å²) < 4.78 is 5.14. The number of pyridine rings is 1. The summed E-state index contributed by atoms with van der Waals surface area (Å²) in [5.74, 6) is -0.0144. The molecule has 1 amide bonds. The van der Waals surface area contributed by atoms with Crippen molar-refractivity contribution in [3.63, 3.8) is 0 Å². The van der Waals surface area contributed by atoms with Crippen LogP contribution in [0.3, 0.4) is 0 Å². The van der Waals surface area contributed by atoms with E-state index in [2.05, 4.69) is 15.6 Å². The standard InChI is InChI=1S/C13H18N4O4/c1-3-14-12-6-10(11(7-15-12)17(19)20)13(18)16-8-4-9(5-8)21-2/h6-9H,3-5H2,1-2H3,(H,14,15)(H,16,18). The smallest absolute Gasteiger partial charge is 0.300 e. The normalized spacial score (nSPS) is 20.5. The molecule has 0 spiro atoms. The van der Waals surface area contributed by atoms with Gasteiger partial charge in [0.05, 0.1) is 11.0 Å². The number of rotatable bonds is 6. The van der Waals surface area contributed by atoms with Gasteiger partial charge < -0.3 is 15.4 Å². The molecule has 1 aliphatic carbocycles. The minimum absolute atomic E-state index is 0.00203. The van der Waals surface area contributed by atoms with Gasteiger partial charge in [-0.15, -0.1) is 0 Å². The fourth-order valence-corrected chi connectivity index (χ4v) is 2.19. The molecule has 1 saturated carbocycles. The lowest BCUT2D eigenvalue weighted by molar-refractivity contribution is -0.385. The SMILES string of the molecule is CCNc1cc(C(=O)NC2CC(OC)C2)c([N+](=O)[O-])cn1. The van der Waals surface area contributed by atoms with Gasteiger partial charge in [-0.2, -0.15) is 0 Å². The number of nitrogens with one attached hydrogen (secondary N) is 2. The Balaban J connectivity index is 2.13. The van der Waals surface area contributed by atoms with E-state index in [4.69, 9.17) is 4.74 Å². The molecule has 1 aromatic rings. The van der Waals surface area contributed by atoms with E-state index < -0.39 is 10.8 Å². The molecule has 1 heterocycles. The van der Waals surface area contributed by atoms with Gasteiger partial charge in [0.1, 0.15) is 17.6 Å². The molecule has 8 heteroatoms. The van der Waals surface area contributed by atoms with Crippen molar-refractivity contribution in [2.75, 3.05) is 19.0 Å². The molecule has 0 saturated heterocycles. The summed E-state index contributed by atoms with van der Waals surface area (Å²) in [6.45, 7) is 2.49. The summed E-state index contributed by atoms with van der Waals surface area (Å²) in [5.41, 5.74) is -0.274. The molecule has 0 aromatic carbocycles. The summed E-state index contributed by atoms with van der Waals surface area (Å²) in [4.78, 5) is 26.5. The van der Waals surface area contributed by atoms with E-state index in [0.29, 0.717) is 12.4 Å². The van der Waals surface area contributed by atoms with Gasteiger partial charge in [-0.05, 0) is 19.8 Å². The molecular formula is C13H18N4O4. The number of methoxy groups -OCH3 is 1. The van der Waals surface area contributed by atoms with Gasteiger partial charge in [0.25, 0.3) is 11.6 Å². The lowest BCUT2D eigenvalue weighted by Gasteiger charge is -2.34. The number of ether oxygens (including phenoxy) is 1. The quantitative estimate of drug-likeness (QED) is 0.605. The van der Waals surface area contributed by atoms with Crippen molar-refractivity contribution in [1.82, 2.24) is 10.3 Å².